The topological polar surface area (TPSA) is 35.2 Å². The van der Waals surface area contributed by atoms with E-state index in [0.29, 0.717) is 6.54 Å². The van der Waals surface area contributed by atoms with Gasteiger partial charge in [-0.1, -0.05) is 39.3 Å². The quantitative estimate of drug-likeness (QED) is 0.891. The third-order valence-electron chi connectivity index (χ3n) is 4.17. The van der Waals surface area contributed by atoms with Gasteiger partial charge in [-0.05, 0) is 48.8 Å². The molecule has 0 heterocycles. The SMILES string of the molecule is CC(C)(C)c1cccc(OC2(CN)CCCCC2)c1. The highest BCUT2D eigenvalue weighted by atomic mass is 16.5. The summed E-state index contributed by atoms with van der Waals surface area (Å²) in [6.07, 6.45) is 5.95. The molecule has 0 unspecified atom stereocenters. The van der Waals surface area contributed by atoms with Gasteiger partial charge in [0.25, 0.3) is 0 Å². The lowest BCUT2D eigenvalue weighted by molar-refractivity contribution is 0.0385. The molecule has 2 rings (SSSR count). The summed E-state index contributed by atoms with van der Waals surface area (Å²) in [5, 5.41) is 0. The minimum absolute atomic E-state index is 0.130. The molecule has 0 aliphatic heterocycles. The molecule has 0 atom stereocenters. The molecular formula is C17H27NO. The molecule has 0 aromatic heterocycles. The summed E-state index contributed by atoms with van der Waals surface area (Å²) < 4.78 is 6.30. The van der Waals surface area contributed by atoms with E-state index in [4.69, 9.17) is 10.5 Å². The molecule has 0 amide bonds. The third kappa shape index (κ3) is 3.50. The molecule has 1 saturated carbocycles. The molecule has 0 radical (unpaired) electrons. The van der Waals surface area contributed by atoms with Gasteiger partial charge in [0.1, 0.15) is 11.4 Å². The molecule has 19 heavy (non-hydrogen) atoms. The van der Waals surface area contributed by atoms with Crippen LogP contribution in [-0.4, -0.2) is 12.1 Å². The van der Waals surface area contributed by atoms with E-state index >= 15 is 0 Å². The predicted octanol–water partition coefficient (Wildman–Crippen LogP) is 4.02. The largest absolute Gasteiger partial charge is 0.486 e. The Labute approximate surface area is 117 Å². The molecule has 1 aromatic rings. The van der Waals surface area contributed by atoms with E-state index in [1.54, 1.807) is 0 Å². The van der Waals surface area contributed by atoms with Gasteiger partial charge in [-0.3, -0.25) is 0 Å². The minimum Gasteiger partial charge on any atom is -0.486 e. The Balaban J connectivity index is 2.18. The van der Waals surface area contributed by atoms with Crippen LogP contribution in [0.15, 0.2) is 24.3 Å². The van der Waals surface area contributed by atoms with E-state index in [0.717, 1.165) is 18.6 Å². The van der Waals surface area contributed by atoms with Crippen LogP contribution in [0.4, 0.5) is 0 Å². The zero-order valence-corrected chi connectivity index (χ0v) is 12.5. The molecule has 0 spiro atoms. The van der Waals surface area contributed by atoms with Crippen molar-refractivity contribution >= 4 is 0 Å². The fraction of sp³-hybridized carbons (Fsp3) is 0.647. The number of rotatable bonds is 3. The monoisotopic (exact) mass is 261 g/mol. The fourth-order valence-electron chi connectivity index (χ4n) is 2.82. The van der Waals surface area contributed by atoms with E-state index < -0.39 is 0 Å². The van der Waals surface area contributed by atoms with Gasteiger partial charge in [-0.15, -0.1) is 0 Å². The second-order valence-corrected chi connectivity index (χ2v) is 6.83. The molecule has 2 N–H and O–H groups in total. The van der Waals surface area contributed by atoms with Crippen molar-refractivity contribution in [2.24, 2.45) is 5.73 Å². The van der Waals surface area contributed by atoms with E-state index in [9.17, 15) is 0 Å². The first kappa shape index (κ1) is 14.4. The molecule has 1 aromatic carbocycles. The Hall–Kier alpha value is -1.02. The first-order valence-electron chi connectivity index (χ1n) is 7.45. The van der Waals surface area contributed by atoms with Crippen LogP contribution in [0, 0.1) is 0 Å². The molecule has 0 saturated heterocycles. The van der Waals surface area contributed by atoms with Crippen molar-refractivity contribution in [3.8, 4) is 5.75 Å². The standard InChI is InChI=1S/C17H27NO/c1-16(2,3)14-8-7-9-15(12-14)19-17(13-18)10-5-4-6-11-17/h7-9,12H,4-6,10-11,13,18H2,1-3H3. The van der Waals surface area contributed by atoms with Crippen molar-refractivity contribution in [2.45, 2.75) is 63.9 Å². The van der Waals surface area contributed by atoms with Crippen LogP contribution < -0.4 is 10.5 Å². The van der Waals surface area contributed by atoms with E-state index in [2.05, 4.69) is 45.0 Å². The summed E-state index contributed by atoms with van der Waals surface area (Å²) in [6.45, 7) is 7.30. The lowest BCUT2D eigenvalue weighted by Crippen LogP contribution is -2.45. The van der Waals surface area contributed by atoms with Crippen molar-refractivity contribution in [1.29, 1.82) is 0 Å². The smallest absolute Gasteiger partial charge is 0.121 e. The maximum atomic E-state index is 6.30. The molecule has 106 valence electrons. The van der Waals surface area contributed by atoms with Crippen LogP contribution in [-0.2, 0) is 5.41 Å². The van der Waals surface area contributed by atoms with Gasteiger partial charge in [-0.2, -0.15) is 0 Å². The Morgan fingerprint density at radius 2 is 1.84 bits per heavy atom. The minimum atomic E-state index is -0.130. The highest BCUT2D eigenvalue weighted by molar-refractivity contribution is 5.33. The van der Waals surface area contributed by atoms with Crippen molar-refractivity contribution in [1.82, 2.24) is 0 Å². The molecule has 1 aliphatic carbocycles. The van der Waals surface area contributed by atoms with E-state index in [1.165, 1.54) is 24.8 Å². The second-order valence-electron chi connectivity index (χ2n) is 6.83. The van der Waals surface area contributed by atoms with Gasteiger partial charge in [0.2, 0.25) is 0 Å². The molecule has 2 heteroatoms. The molecule has 1 aliphatic rings. The van der Waals surface area contributed by atoms with Crippen LogP contribution in [0.1, 0.15) is 58.4 Å². The van der Waals surface area contributed by atoms with Crippen molar-refractivity contribution < 1.29 is 4.74 Å². The zero-order valence-electron chi connectivity index (χ0n) is 12.5. The van der Waals surface area contributed by atoms with E-state index in [-0.39, 0.29) is 11.0 Å². The predicted molar refractivity (Wildman–Crippen MR) is 80.6 cm³/mol. The summed E-state index contributed by atoms with van der Waals surface area (Å²) in [5.74, 6) is 0.972. The van der Waals surface area contributed by atoms with Gasteiger partial charge in [-0.25, -0.2) is 0 Å². The average Bonchev–Trinajstić information content (AvgIpc) is 2.39. The van der Waals surface area contributed by atoms with Crippen LogP contribution in [0.25, 0.3) is 0 Å². The molecular weight excluding hydrogens is 234 g/mol. The van der Waals surface area contributed by atoms with Crippen molar-refractivity contribution in [2.75, 3.05) is 6.54 Å². The van der Waals surface area contributed by atoms with Crippen LogP contribution in [0.5, 0.6) is 5.75 Å². The summed E-state index contributed by atoms with van der Waals surface area (Å²) >= 11 is 0. The van der Waals surface area contributed by atoms with Crippen LogP contribution >= 0.6 is 0 Å². The van der Waals surface area contributed by atoms with Gasteiger partial charge in [0.05, 0.1) is 0 Å². The first-order chi connectivity index (χ1) is 8.95. The summed E-state index contributed by atoms with van der Waals surface area (Å²) in [5.41, 5.74) is 7.32. The average molecular weight is 261 g/mol. The Kier molecular flexibility index (Phi) is 4.19. The lowest BCUT2D eigenvalue weighted by Gasteiger charge is -2.37. The molecule has 0 bridgehead atoms. The van der Waals surface area contributed by atoms with E-state index in [1.807, 2.05) is 0 Å². The highest BCUT2D eigenvalue weighted by Crippen LogP contribution is 2.34. The molecule has 2 nitrogen and oxygen atoms in total. The summed E-state index contributed by atoms with van der Waals surface area (Å²) in [7, 11) is 0. The van der Waals surface area contributed by atoms with Crippen molar-refractivity contribution in [3.05, 3.63) is 29.8 Å². The Morgan fingerprint density at radius 1 is 1.16 bits per heavy atom. The van der Waals surface area contributed by atoms with Crippen molar-refractivity contribution in [3.63, 3.8) is 0 Å². The molecule has 1 fully saturated rings. The first-order valence-corrected chi connectivity index (χ1v) is 7.45. The number of hydrogen-bond acceptors (Lipinski definition) is 2. The normalized spacial score (nSPS) is 19.2. The number of benzene rings is 1. The summed E-state index contributed by atoms with van der Waals surface area (Å²) in [4.78, 5) is 0. The highest BCUT2D eigenvalue weighted by Gasteiger charge is 2.32. The Bertz CT molecular complexity index is 414. The third-order valence-corrected chi connectivity index (χ3v) is 4.17. The van der Waals surface area contributed by atoms with Gasteiger partial charge in [0.15, 0.2) is 0 Å². The van der Waals surface area contributed by atoms with Crippen LogP contribution in [0.3, 0.4) is 0 Å². The number of hydrogen-bond donors (Lipinski definition) is 1. The fourth-order valence-corrected chi connectivity index (χ4v) is 2.82. The number of ether oxygens (including phenoxy) is 1. The number of nitrogens with two attached hydrogens (primary N) is 1. The van der Waals surface area contributed by atoms with Gasteiger partial charge >= 0.3 is 0 Å². The zero-order chi connectivity index (χ0) is 13.9. The van der Waals surface area contributed by atoms with Crippen LogP contribution in [0.2, 0.25) is 0 Å². The summed E-state index contributed by atoms with van der Waals surface area (Å²) in [6, 6.07) is 8.49. The van der Waals surface area contributed by atoms with Gasteiger partial charge in [0, 0.05) is 6.54 Å². The van der Waals surface area contributed by atoms with Gasteiger partial charge < -0.3 is 10.5 Å². The second kappa shape index (κ2) is 5.54. The maximum Gasteiger partial charge on any atom is 0.121 e. The Morgan fingerprint density at radius 3 is 2.42 bits per heavy atom. The maximum absolute atomic E-state index is 6.30. The lowest BCUT2D eigenvalue weighted by atomic mass is 9.84.